The van der Waals surface area contributed by atoms with E-state index in [2.05, 4.69) is 19.1 Å². The van der Waals surface area contributed by atoms with E-state index in [1.54, 1.807) is 12.0 Å². The lowest BCUT2D eigenvalue weighted by Crippen LogP contribution is -2.23. The molecular formula is C21H26F2. The van der Waals surface area contributed by atoms with E-state index in [4.69, 9.17) is 0 Å². The Kier molecular flexibility index (Phi) is 5.50. The Balaban J connectivity index is 1.51. The van der Waals surface area contributed by atoms with Crippen LogP contribution >= 0.6 is 0 Å². The van der Waals surface area contributed by atoms with Crippen LogP contribution in [-0.2, 0) is 0 Å². The molecule has 23 heavy (non-hydrogen) atoms. The van der Waals surface area contributed by atoms with Crippen molar-refractivity contribution in [2.24, 2.45) is 11.8 Å². The molecule has 0 aromatic heterocycles. The Labute approximate surface area is 139 Å². The van der Waals surface area contributed by atoms with Crippen molar-refractivity contribution in [1.82, 2.24) is 0 Å². The van der Waals surface area contributed by atoms with Crippen LogP contribution in [0.5, 0.6) is 0 Å². The van der Waals surface area contributed by atoms with Gasteiger partial charge in [-0.3, -0.25) is 0 Å². The van der Waals surface area contributed by atoms with Crippen LogP contribution < -0.4 is 0 Å². The summed E-state index contributed by atoms with van der Waals surface area (Å²) in [6.45, 7) is 2.11. The van der Waals surface area contributed by atoms with Gasteiger partial charge >= 0.3 is 0 Å². The van der Waals surface area contributed by atoms with Crippen LogP contribution in [0.15, 0.2) is 30.4 Å². The zero-order chi connectivity index (χ0) is 16.2. The van der Waals surface area contributed by atoms with Crippen LogP contribution in [0.25, 0.3) is 0 Å². The number of rotatable bonds is 3. The molecule has 0 saturated heterocycles. The van der Waals surface area contributed by atoms with Crippen LogP contribution in [0.4, 0.5) is 8.78 Å². The van der Waals surface area contributed by atoms with Crippen molar-refractivity contribution in [2.75, 3.05) is 0 Å². The van der Waals surface area contributed by atoms with Gasteiger partial charge < -0.3 is 0 Å². The molecule has 2 aliphatic rings. The highest BCUT2D eigenvalue weighted by molar-refractivity contribution is 5.32. The van der Waals surface area contributed by atoms with Crippen LogP contribution in [0, 0.1) is 35.3 Å². The van der Waals surface area contributed by atoms with Gasteiger partial charge in [-0.1, -0.05) is 18.2 Å². The van der Waals surface area contributed by atoms with Gasteiger partial charge in [0.2, 0.25) is 0 Å². The van der Waals surface area contributed by atoms with E-state index in [0.717, 1.165) is 30.2 Å². The van der Waals surface area contributed by atoms with Gasteiger partial charge in [-0.2, -0.15) is 0 Å². The standard InChI is InChI=1S/C21H26F2/c1-2-3-15-4-6-16(7-5-15)17-8-10-18(11-9-17)19-12-13-20(22)21(23)14-19/h2-3,12-15,17H,4-11H2,1H3/b3-2+. The van der Waals surface area contributed by atoms with Crippen molar-refractivity contribution in [3.63, 3.8) is 0 Å². The average molecular weight is 316 g/mol. The van der Waals surface area contributed by atoms with E-state index >= 15 is 0 Å². The summed E-state index contributed by atoms with van der Waals surface area (Å²) in [7, 11) is 0. The van der Waals surface area contributed by atoms with Gasteiger partial charge in [0.25, 0.3) is 0 Å². The smallest absolute Gasteiger partial charge is 0.159 e. The van der Waals surface area contributed by atoms with Crippen LogP contribution in [0.3, 0.4) is 0 Å². The molecule has 0 N–H and O–H groups in total. The summed E-state index contributed by atoms with van der Waals surface area (Å²) in [5.74, 6) is 3.09. The van der Waals surface area contributed by atoms with E-state index in [9.17, 15) is 8.78 Å². The molecule has 1 aromatic rings. The minimum atomic E-state index is -0.753. The minimum absolute atomic E-state index is 0.728. The summed E-state index contributed by atoms with van der Waals surface area (Å²) < 4.78 is 26.5. The molecule has 0 atom stereocenters. The summed E-state index contributed by atoms with van der Waals surface area (Å²) in [6, 6.07) is 4.34. The Bertz CT molecular complexity index is 533. The monoisotopic (exact) mass is 316 g/mol. The normalized spacial score (nSPS) is 22.9. The third-order valence-corrected chi connectivity index (χ3v) is 5.63. The molecule has 0 amide bonds. The Morgan fingerprint density at radius 1 is 0.913 bits per heavy atom. The molecule has 2 aliphatic carbocycles. The number of halogens is 2. The third-order valence-electron chi connectivity index (χ3n) is 5.63. The predicted molar refractivity (Wildman–Crippen MR) is 90.7 cm³/mol. The maximum absolute atomic E-state index is 13.4. The average Bonchev–Trinajstić information content (AvgIpc) is 2.59. The number of hydrogen-bond donors (Lipinski definition) is 0. The Morgan fingerprint density at radius 2 is 1.61 bits per heavy atom. The zero-order valence-corrected chi connectivity index (χ0v) is 14.0. The van der Waals surface area contributed by atoms with Crippen LogP contribution in [-0.4, -0.2) is 0 Å². The first-order valence-corrected chi connectivity index (χ1v) is 8.95. The van der Waals surface area contributed by atoms with Gasteiger partial charge in [0.05, 0.1) is 0 Å². The lowest BCUT2D eigenvalue weighted by Gasteiger charge is -2.37. The molecule has 2 radical (unpaired) electrons. The van der Waals surface area contributed by atoms with Crippen LogP contribution in [0.2, 0.25) is 0 Å². The van der Waals surface area contributed by atoms with Gasteiger partial charge in [-0.15, -0.1) is 0 Å². The highest BCUT2D eigenvalue weighted by Gasteiger charge is 2.31. The first-order valence-electron chi connectivity index (χ1n) is 8.95. The van der Waals surface area contributed by atoms with Crippen molar-refractivity contribution >= 4 is 0 Å². The fraction of sp³-hybridized carbons (Fsp3) is 0.524. The fourth-order valence-corrected chi connectivity index (χ4v) is 4.26. The summed E-state index contributed by atoms with van der Waals surface area (Å²) in [4.78, 5) is 0. The first-order chi connectivity index (χ1) is 11.2. The van der Waals surface area contributed by atoms with Crippen LogP contribution in [0.1, 0.15) is 63.9 Å². The number of allylic oxidation sites excluding steroid dienone is 2. The van der Waals surface area contributed by atoms with Crippen molar-refractivity contribution in [2.45, 2.75) is 58.3 Å². The van der Waals surface area contributed by atoms with Gasteiger partial charge in [0.15, 0.2) is 11.6 Å². The molecule has 0 unspecified atom stereocenters. The lowest BCUT2D eigenvalue weighted by molar-refractivity contribution is 0.319. The van der Waals surface area contributed by atoms with Crippen molar-refractivity contribution in [3.05, 3.63) is 59.4 Å². The zero-order valence-electron chi connectivity index (χ0n) is 14.0. The number of benzene rings is 1. The molecule has 124 valence electrons. The maximum atomic E-state index is 13.4. The molecule has 0 aliphatic heterocycles. The highest BCUT2D eigenvalue weighted by Crippen LogP contribution is 2.44. The van der Waals surface area contributed by atoms with Gasteiger partial charge in [0.1, 0.15) is 0 Å². The van der Waals surface area contributed by atoms with Crippen molar-refractivity contribution in [3.8, 4) is 0 Å². The second-order valence-corrected chi connectivity index (χ2v) is 7.03. The second kappa shape index (κ2) is 7.59. The fourth-order valence-electron chi connectivity index (χ4n) is 4.26. The molecule has 2 heteroatoms. The van der Waals surface area contributed by atoms with E-state index < -0.39 is 11.6 Å². The predicted octanol–water partition coefficient (Wildman–Crippen LogP) is 6.42. The van der Waals surface area contributed by atoms with E-state index in [-0.39, 0.29) is 0 Å². The molecule has 0 heterocycles. The van der Waals surface area contributed by atoms with Crippen molar-refractivity contribution < 1.29 is 8.78 Å². The molecule has 2 fully saturated rings. The quantitative estimate of drug-likeness (QED) is 0.564. The summed E-state index contributed by atoms with van der Waals surface area (Å²) >= 11 is 0. The SMILES string of the molecule is C/C=C/C1CC[C](C2CC[C](c3ccc(F)c(F)c3)CC2)CC1. The lowest BCUT2D eigenvalue weighted by atomic mass is 9.68. The summed E-state index contributed by atoms with van der Waals surface area (Å²) in [6.07, 6.45) is 14.1. The summed E-state index contributed by atoms with van der Waals surface area (Å²) in [5.41, 5.74) is 0.893. The van der Waals surface area contributed by atoms with Gasteiger partial charge in [-0.05, 0) is 93.7 Å². The largest absolute Gasteiger partial charge is 0.204 e. The molecule has 2 saturated carbocycles. The van der Waals surface area contributed by atoms with E-state index in [0.29, 0.717) is 0 Å². The number of hydrogen-bond acceptors (Lipinski definition) is 0. The first kappa shape index (κ1) is 16.7. The topological polar surface area (TPSA) is 0 Å². The minimum Gasteiger partial charge on any atom is -0.204 e. The Morgan fingerprint density at radius 3 is 2.22 bits per heavy atom. The van der Waals surface area contributed by atoms with E-state index in [1.165, 1.54) is 56.6 Å². The Hall–Kier alpha value is -1.18. The maximum Gasteiger partial charge on any atom is 0.159 e. The molecule has 0 spiro atoms. The summed E-state index contributed by atoms with van der Waals surface area (Å²) in [5, 5.41) is 0. The molecule has 0 bridgehead atoms. The molecule has 1 aromatic carbocycles. The van der Waals surface area contributed by atoms with Gasteiger partial charge in [0, 0.05) is 5.92 Å². The van der Waals surface area contributed by atoms with E-state index in [1.807, 2.05) is 0 Å². The van der Waals surface area contributed by atoms with Crippen molar-refractivity contribution in [1.29, 1.82) is 0 Å². The molecule has 0 nitrogen and oxygen atoms in total. The highest BCUT2D eigenvalue weighted by atomic mass is 19.2. The molecule has 3 rings (SSSR count). The second-order valence-electron chi connectivity index (χ2n) is 7.03. The third kappa shape index (κ3) is 4.02. The molecular weight excluding hydrogens is 290 g/mol. The van der Waals surface area contributed by atoms with Gasteiger partial charge in [-0.25, -0.2) is 8.78 Å².